The van der Waals surface area contributed by atoms with E-state index in [4.69, 9.17) is 0 Å². The van der Waals surface area contributed by atoms with Crippen LogP contribution in [0.15, 0.2) is 92.2 Å². The van der Waals surface area contributed by atoms with E-state index >= 15 is 0 Å². The highest BCUT2D eigenvalue weighted by Crippen LogP contribution is 2.54. The summed E-state index contributed by atoms with van der Waals surface area (Å²) < 4.78 is 2.32. The molecular formula is C26H26N3S3+. The molecule has 162 valence electrons. The highest BCUT2D eigenvalue weighted by molar-refractivity contribution is 8.09. The van der Waals surface area contributed by atoms with Crippen LogP contribution in [-0.4, -0.2) is 18.5 Å². The van der Waals surface area contributed by atoms with Crippen LogP contribution in [-0.2, 0) is 6.54 Å². The maximum absolute atomic E-state index is 4.48. The van der Waals surface area contributed by atoms with Crippen LogP contribution in [0, 0.1) is 6.92 Å². The van der Waals surface area contributed by atoms with Crippen LogP contribution >= 0.6 is 34.9 Å². The quantitative estimate of drug-likeness (QED) is 0.388. The number of benzene rings is 2. The topological polar surface area (TPSA) is 10.4 Å². The number of aryl methyl sites for hydroxylation is 1. The zero-order chi connectivity index (χ0) is 22.2. The fraction of sp³-hybridized carbons (Fsp3) is 0.192. The normalized spacial score (nSPS) is 19.3. The van der Waals surface area contributed by atoms with Crippen LogP contribution in [0.2, 0.25) is 0 Å². The molecule has 3 heterocycles. The summed E-state index contributed by atoms with van der Waals surface area (Å²) >= 11 is 5.47. The van der Waals surface area contributed by atoms with Gasteiger partial charge in [-0.05, 0) is 31.5 Å². The molecule has 0 amide bonds. The van der Waals surface area contributed by atoms with Gasteiger partial charge in [0.2, 0.25) is 0 Å². The predicted molar refractivity (Wildman–Crippen MR) is 140 cm³/mol. The number of likely N-dealkylation sites (N-methyl/N-ethyl adjacent to an activating group) is 1. The molecule has 0 aliphatic carbocycles. The van der Waals surface area contributed by atoms with E-state index in [0.29, 0.717) is 0 Å². The lowest BCUT2D eigenvalue weighted by atomic mass is 10.2. The summed E-state index contributed by atoms with van der Waals surface area (Å²) in [6.45, 7) is 10.6. The van der Waals surface area contributed by atoms with Gasteiger partial charge in [0.15, 0.2) is 12.7 Å². The third kappa shape index (κ3) is 3.91. The maximum Gasteiger partial charge on any atom is 0.264 e. The Balaban J connectivity index is 1.47. The minimum absolute atomic E-state index is 0.877. The fourth-order valence-electron chi connectivity index (χ4n) is 4.00. The number of thioether (sulfide) groups is 2. The Bertz CT molecular complexity index is 1240. The Hall–Kier alpha value is -2.41. The summed E-state index contributed by atoms with van der Waals surface area (Å²) in [7, 11) is 2.16. The first-order valence-electron chi connectivity index (χ1n) is 10.7. The van der Waals surface area contributed by atoms with Crippen LogP contribution in [0.25, 0.3) is 6.08 Å². The zero-order valence-corrected chi connectivity index (χ0v) is 21.0. The van der Waals surface area contributed by atoms with E-state index in [-0.39, 0.29) is 0 Å². The number of nitrogens with zero attached hydrogens (tertiary/aromatic N) is 3. The lowest BCUT2D eigenvalue weighted by Crippen LogP contribution is -2.34. The van der Waals surface area contributed by atoms with Gasteiger partial charge in [-0.15, -0.1) is 0 Å². The monoisotopic (exact) mass is 476 g/mol. The van der Waals surface area contributed by atoms with Gasteiger partial charge in [-0.2, -0.15) is 4.57 Å². The van der Waals surface area contributed by atoms with Crippen molar-refractivity contribution in [2.24, 2.45) is 0 Å². The van der Waals surface area contributed by atoms with E-state index in [2.05, 4.69) is 108 Å². The van der Waals surface area contributed by atoms with Gasteiger partial charge in [0.05, 0.1) is 37.8 Å². The molecular weight excluding hydrogens is 451 g/mol. The van der Waals surface area contributed by atoms with E-state index < -0.39 is 0 Å². The highest BCUT2D eigenvalue weighted by Gasteiger charge is 2.34. The minimum Gasteiger partial charge on any atom is -0.337 e. The second-order valence-electron chi connectivity index (χ2n) is 7.90. The molecule has 0 radical (unpaired) electrons. The van der Waals surface area contributed by atoms with Gasteiger partial charge in [0.1, 0.15) is 0 Å². The van der Waals surface area contributed by atoms with E-state index in [0.717, 1.165) is 18.8 Å². The standard InChI is InChI=1S/C26H26N3S3/c1-5-29-19(3)25(26-27(4)21-12-11-18(2)15-22(21)31-26)32-24(29)16-23-28(13-14-30-23)17-20-9-7-6-8-10-20/h6-16H,3,5,17H2,1-2,4H3/q+1. The molecule has 2 aliphatic rings. The van der Waals surface area contributed by atoms with Gasteiger partial charge in [0.25, 0.3) is 5.01 Å². The average Bonchev–Trinajstić information content (AvgIpc) is 3.45. The third-order valence-corrected chi connectivity index (χ3v) is 9.09. The van der Waals surface area contributed by atoms with Crippen LogP contribution in [0.5, 0.6) is 0 Å². The number of rotatable bonds is 4. The number of aromatic nitrogens is 1. The molecule has 6 heteroatoms. The molecule has 0 saturated carbocycles. The molecule has 1 aromatic heterocycles. The number of anilines is 1. The number of hydrogen-bond acceptors (Lipinski definition) is 5. The molecule has 0 N–H and O–H groups in total. The van der Waals surface area contributed by atoms with Crippen molar-refractivity contribution in [3.63, 3.8) is 0 Å². The average molecular weight is 477 g/mol. The molecule has 0 atom stereocenters. The van der Waals surface area contributed by atoms with Crippen molar-refractivity contribution in [3.8, 4) is 0 Å². The Morgan fingerprint density at radius 2 is 1.91 bits per heavy atom. The molecule has 2 aliphatic heterocycles. The molecule has 3 aromatic rings. The molecule has 0 unspecified atom stereocenters. The van der Waals surface area contributed by atoms with Crippen LogP contribution < -0.4 is 9.47 Å². The number of hydrogen-bond donors (Lipinski definition) is 0. The Morgan fingerprint density at radius 1 is 1.09 bits per heavy atom. The maximum atomic E-state index is 4.48. The van der Waals surface area contributed by atoms with Gasteiger partial charge >= 0.3 is 0 Å². The van der Waals surface area contributed by atoms with Crippen molar-refractivity contribution < 1.29 is 4.57 Å². The first-order chi connectivity index (χ1) is 15.5. The van der Waals surface area contributed by atoms with Crippen molar-refractivity contribution >= 4 is 46.6 Å². The fourth-order valence-corrected chi connectivity index (χ4v) is 7.51. The van der Waals surface area contributed by atoms with Crippen molar-refractivity contribution in [1.29, 1.82) is 0 Å². The van der Waals surface area contributed by atoms with Gasteiger partial charge in [-0.25, -0.2) is 0 Å². The first kappa shape index (κ1) is 21.4. The Morgan fingerprint density at radius 3 is 2.69 bits per heavy atom. The molecule has 5 rings (SSSR count). The minimum atomic E-state index is 0.877. The van der Waals surface area contributed by atoms with Crippen molar-refractivity contribution in [2.45, 2.75) is 25.3 Å². The molecule has 0 spiro atoms. The van der Waals surface area contributed by atoms with Crippen LogP contribution in [0.3, 0.4) is 0 Å². The molecule has 1 saturated heterocycles. The Kier molecular flexibility index (Phi) is 5.93. The largest absolute Gasteiger partial charge is 0.337 e. The van der Waals surface area contributed by atoms with Crippen LogP contribution in [0.4, 0.5) is 5.69 Å². The van der Waals surface area contributed by atoms with E-state index in [1.165, 1.54) is 41.7 Å². The first-order valence-corrected chi connectivity index (χ1v) is 13.2. The van der Waals surface area contributed by atoms with Gasteiger partial charge in [0, 0.05) is 24.1 Å². The lowest BCUT2D eigenvalue weighted by molar-refractivity contribution is -0.685. The van der Waals surface area contributed by atoms with Crippen molar-refractivity contribution in [2.75, 3.05) is 18.5 Å². The summed E-state index contributed by atoms with van der Waals surface area (Å²) in [6, 6.07) is 17.3. The van der Waals surface area contributed by atoms with E-state index in [1.807, 2.05) is 23.5 Å². The zero-order valence-electron chi connectivity index (χ0n) is 18.5. The van der Waals surface area contributed by atoms with E-state index in [9.17, 15) is 0 Å². The van der Waals surface area contributed by atoms with Crippen molar-refractivity contribution in [3.05, 3.63) is 103 Å². The SMILES string of the molecule is C=C1C(=C2Sc3cc(C)ccc3N2C)SC(=Cc2scc[n+]2Cc2ccccc2)N1CC. The summed E-state index contributed by atoms with van der Waals surface area (Å²) in [5.41, 5.74) is 4.97. The number of thiazole rings is 1. The lowest BCUT2D eigenvalue weighted by Gasteiger charge is -2.18. The second kappa shape index (κ2) is 8.85. The molecule has 2 aromatic carbocycles. The molecule has 0 bridgehead atoms. The predicted octanol–water partition coefficient (Wildman–Crippen LogP) is 6.68. The molecule has 1 fully saturated rings. The molecule has 32 heavy (non-hydrogen) atoms. The van der Waals surface area contributed by atoms with Crippen LogP contribution in [0.1, 0.15) is 23.1 Å². The molecule has 3 nitrogen and oxygen atoms in total. The summed E-state index contributed by atoms with van der Waals surface area (Å²) in [4.78, 5) is 7.22. The van der Waals surface area contributed by atoms with Crippen molar-refractivity contribution in [1.82, 2.24) is 4.90 Å². The Labute approximate surface area is 202 Å². The number of fused-ring (bicyclic) bond motifs is 1. The highest BCUT2D eigenvalue weighted by atomic mass is 32.2. The van der Waals surface area contributed by atoms with Gasteiger partial charge in [-0.3, -0.25) is 0 Å². The third-order valence-electron chi connectivity index (χ3n) is 5.71. The summed E-state index contributed by atoms with van der Waals surface area (Å²) in [6.07, 6.45) is 4.49. The summed E-state index contributed by atoms with van der Waals surface area (Å²) in [5, 5.41) is 5.93. The van der Waals surface area contributed by atoms with Gasteiger partial charge < -0.3 is 9.80 Å². The van der Waals surface area contributed by atoms with Gasteiger partial charge in [-0.1, -0.05) is 77.8 Å². The second-order valence-corrected chi connectivity index (χ2v) is 10.9. The van der Waals surface area contributed by atoms with E-state index in [1.54, 1.807) is 11.3 Å². The smallest absolute Gasteiger partial charge is 0.264 e. The summed E-state index contributed by atoms with van der Waals surface area (Å²) in [5.74, 6) is 0.